The maximum atomic E-state index is 10.1. The summed E-state index contributed by atoms with van der Waals surface area (Å²) in [6, 6.07) is 0. The highest BCUT2D eigenvalue weighted by molar-refractivity contribution is 8.14. The average molecular weight is 163 g/mol. The van der Waals surface area contributed by atoms with Gasteiger partial charge in [-0.25, -0.2) is 0 Å². The number of nitrogens with one attached hydrogen (secondary N) is 1. The molecule has 10 heavy (non-hydrogen) atoms. The number of nitro groups is 1. The fourth-order valence-electron chi connectivity index (χ4n) is 0.422. The number of nitrogens with zero attached hydrogens (tertiary/aromatic N) is 1. The van der Waals surface area contributed by atoms with Crippen LogP contribution in [0.1, 0.15) is 13.3 Å². The highest BCUT2D eigenvalue weighted by atomic mass is 32.2. The molecule has 0 amide bonds. The molecule has 0 aliphatic carbocycles. The number of rotatable bonds is 3. The molecular weight excluding hydrogens is 154 g/mol. The van der Waals surface area contributed by atoms with E-state index in [1.54, 1.807) is 6.92 Å². The minimum atomic E-state index is -0.766. The fraction of sp³-hybridized carbons (Fsp3) is 0.750. The Bertz CT molecular complexity index is 149. The van der Waals surface area contributed by atoms with E-state index in [9.17, 15) is 10.1 Å². The number of thioether (sulfide) groups is 1. The van der Waals surface area contributed by atoms with Crippen LogP contribution in [0.5, 0.6) is 0 Å². The molecule has 6 heteroatoms. The normalized spacial score (nSPS) is 12.5. The van der Waals surface area contributed by atoms with Gasteiger partial charge in [0.05, 0.1) is 0 Å². The maximum absolute atomic E-state index is 10.1. The van der Waals surface area contributed by atoms with Crippen LogP contribution in [-0.2, 0) is 0 Å². The summed E-state index contributed by atoms with van der Waals surface area (Å²) in [5, 5.41) is 15.9. The van der Waals surface area contributed by atoms with Gasteiger partial charge in [-0.3, -0.25) is 15.5 Å². The summed E-state index contributed by atoms with van der Waals surface area (Å²) in [5.41, 5.74) is 4.95. The highest BCUT2D eigenvalue weighted by Gasteiger charge is 2.18. The molecular formula is C4H9N3O2S. The zero-order chi connectivity index (χ0) is 8.15. The van der Waals surface area contributed by atoms with E-state index in [0.717, 1.165) is 11.8 Å². The molecule has 0 radical (unpaired) electrons. The van der Waals surface area contributed by atoms with E-state index in [4.69, 9.17) is 11.1 Å². The van der Waals surface area contributed by atoms with Crippen molar-refractivity contribution in [2.75, 3.05) is 0 Å². The van der Waals surface area contributed by atoms with E-state index in [0.29, 0.717) is 6.42 Å². The summed E-state index contributed by atoms with van der Waals surface area (Å²) in [5.74, 6) is 0. The van der Waals surface area contributed by atoms with Gasteiger partial charge in [0.15, 0.2) is 5.17 Å². The number of hydrogen-bond donors (Lipinski definition) is 2. The van der Waals surface area contributed by atoms with Crippen LogP contribution in [0.2, 0.25) is 0 Å². The van der Waals surface area contributed by atoms with Crippen molar-refractivity contribution in [1.29, 1.82) is 5.41 Å². The third-order valence-electron chi connectivity index (χ3n) is 0.847. The predicted molar refractivity (Wildman–Crippen MR) is 40.6 cm³/mol. The number of nitrogens with two attached hydrogens (primary N) is 1. The summed E-state index contributed by atoms with van der Waals surface area (Å²) in [7, 11) is 0. The summed E-state index contributed by atoms with van der Waals surface area (Å²) in [6.07, 6.45) is 0.386. The largest absolute Gasteiger partial charge is 0.379 e. The van der Waals surface area contributed by atoms with Crippen molar-refractivity contribution in [1.82, 2.24) is 0 Å². The standard InChI is InChI=1S/C4H9N3O2S/c1-2-3(7(8)9)10-4(5)6/h3H,2H2,1H3,(H3,5,6). The molecule has 58 valence electrons. The molecule has 1 unspecified atom stereocenters. The van der Waals surface area contributed by atoms with Gasteiger partial charge in [-0.05, 0) is 11.8 Å². The van der Waals surface area contributed by atoms with Crippen molar-refractivity contribution in [3.63, 3.8) is 0 Å². The van der Waals surface area contributed by atoms with Crippen LogP contribution in [-0.4, -0.2) is 15.5 Å². The van der Waals surface area contributed by atoms with Gasteiger partial charge in [-0.2, -0.15) is 0 Å². The van der Waals surface area contributed by atoms with Crippen LogP contribution < -0.4 is 5.73 Å². The second kappa shape index (κ2) is 4.10. The lowest BCUT2D eigenvalue weighted by Crippen LogP contribution is -2.19. The Morgan fingerprint density at radius 2 is 2.50 bits per heavy atom. The molecule has 0 aromatic carbocycles. The molecule has 3 N–H and O–H groups in total. The van der Waals surface area contributed by atoms with E-state index in [2.05, 4.69) is 0 Å². The van der Waals surface area contributed by atoms with Gasteiger partial charge in [0, 0.05) is 11.3 Å². The van der Waals surface area contributed by atoms with Crippen LogP contribution in [0.4, 0.5) is 0 Å². The maximum Gasteiger partial charge on any atom is 0.265 e. The van der Waals surface area contributed by atoms with E-state index in [-0.39, 0.29) is 5.17 Å². The first-order valence-electron chi connectivity index (χ1n) is 2.72. The first kappa shape index (κ1) is 9.22. The third-order valence-corrected chi connectivity index (χ3v) is 1.88. The lowest BCUT2D eigenvalue weighted by Gasteiger charge is -2.02. The van der Waals surface area contributed by atoms with Crippen LogP contribution >= 0.6 is 11.8 Å². The van der Waals surface area contributed by atoms with Gasteiger partial charge < -0.3 is 5.73 Å². The topological polar surface area (TPSA) is 93.0 Å². The summed E-state index contributed by atoms with van der Waals surface area (Å²) in [4.78, 5) is 9.66. The molecule has 0 aromatic heterocycles. The molecule has 0 rings (SSSR count). The Labute approximate surface area is 62.6 Å². The molecule has 0 fully saturated rings. The van der Waals surface area contributed by atoms with Crippen molar-refractivity contribution in [2.24, 2.45) is 5.73 Å². The Kier molecular flexibility index (Phi) is 3.78. The zero-order valence-electron chi connectivity index (χ0n) is 5.53. The van der Waals surface area contributed by atoms with Gasteiger partial charge in [-0.1, -0.05) is 6.92 Å². The molecule has 0 aliphatic rings. The van der Waals surface area contributed by atoms with Crippen molar-refractivity contribution < 1.29 is 4.92 Å². The lowest BCUT2D eigenvalue weighted by atomic mass is 10.5. The quantitative estimate of drug-likeness (QED) is 0.210. The second-order valence-corrected chi connectivity index (χ2v) is 2.85. The molecule has 0 saturated heterocycles. The highest BCUT2D eigenvalue weighted by Crippen LogP contribution is 2.13. The van der Waals surface area contributed by atoms with Crippen molar-refractivity contribution in [3.05, 3.63) is 10.1 Å². The van der Waals surface area contributed by atoms with E-state index < -0.39 is 10.3 Å². The first-order chi connectivity index (χ1) is 4.57. The smallest absolute Gasteiger partial charge is 0.265 e. The van der Waals surface area contributed by atoms with Crippen molar-refractivity contribution in [2.45, 2.75) is 18.7 Å². The predicted octanol–water partition coefficient (Wildman–Crippen LogP) is 0.626. The Morgan fingerprint density at radius 3 is 2.60 bits per heavy atom. The molecule has 0 heterocycles. The lowest BCUT2D eigenvalue weighted by molar-refractivity contribution is -0.495. The SMILES string of the molecule is CCC(SC(=N)N)[N+](=O)[O-]. The minimum absolute atomic E-state index is 0.205. The van der Waals surface area contributed by atoms with Gasteiger partial charge >= 0.3 is 0 Å². The van der Waals surface area contributed by atoms with Crippen LogP contribution in [0.3, 0.4) is 0 Å². The average Bonchev–Trinajstić information content (AvgIpc) is 1.81. The third kappa shape index (κ3) is 3.29. The fourth-order valence-corrected chi connectivity index (χ4v) is 0.968. The van der Waals surface area contributed by atoms with E-state index >= 15 is 0 Å². The Balaban J connectivity index is 3.83. The second-order valence-electron chi connectivity index (χ2n) is 1.63. The van der Waals surface area contributed by atoms with Crippen LogP contribution in [0.25, 0.3) is 0 Å². The number of amidine groups is 1. The van der Waals surface area contributed by atoms with Gasteiger partial charge in [0.1, 0.15) is 0 Å². The molecule has 0 bridgehead atoms. The Hall–Kier alpha value is -0.780. The Morgan fingerprint density at radius 1 is 2.00 bits per heavy atom. The van der Waals surface area contributed by atoms with Crippen LogP contribution in [0, 0.1) is 15.5 Å². The molecule has 0 aromatic rings. The molecule has 0 spiro atoms. The van der Waals surface area contributed by atoms with Gasteiger partial charge in [0.25, 0.3) is 5.37 Å². The summed E-state index contributed by atoms with van der Waals surface area (Å²) < 4.78 is 0. The summed E-state index contributed by atoms with van der Waals surface area (Å²) in [6.45, 7) is 1.68. The van der Waals surface area contributed by atoms with Gasteiger partial charge in [0.2, 0.25) is 0 Å². The molecule has 0 saturated carbocycles. The minimum Gasteiger partial charge on any atom is -0.379 e. The zero-order valence-corrected chi connectivity index (χ0v) is 6.35. The van der Waals surface area contributed by atoms with Gasteiger partial charge in [-0.15, -0.1) is 0 Å². The summed E-state index contributed by atoms with van der Waals surface area (Å²) >= 11 is 0.770. The van der Waals surface area contributed by atoms with Crippen LogP contribution in [0.15, 0.2) is 0 Å². The molecule has 0 aliphatic heterocycles. The van der Waals surface area contributed by atoms with Crippen molar-refractivity contribution >= 4 is 16.9 Å². The van der Waals surface area contributed by atoms with E-state index in [1.165, 1.54) is 0 Å². The van der Waals surface area contributed by atoms with Crippen molar-refractivity contribution in [3.8, 4) is 0 Å². The van der Waals surface area contributed by atoms with E-state index in [1.807, 2.05) is 0 Å². The number of hydrogen-bond acceptors (Lipinski definition) is 4. The molecule has 5 nitrogen and oxygen atoms in total. The first-order valence-corrected chi connectivity index (χ1v) is 3.60. The monoisotopic (exact) mass is 163 g/mol. The molecule has 1 atom stereocenters.